The molecular weight excluding hydrogens is 504 g/mol. The van der Waals surface area contributed by atoms with E-state index in [2.05, 4.69) is 3.63 Å². The minimum atomic E-state index is -5.20. The number of aromatic hydroxyl groups is 1. The average molecular weight is 512 g/mol. The van der Waals surface area contributed by atoms with Crippen LogP contribution in [0.4, 0.5) is 0 Å². The van der Waals surface area contributed by atoms with Crippen LogP contribution < -0.4 is 0 Å². The predicted molar refractivity (Wildman–Crippen MR) is 81.7 cm³/mol. The molecule has 0 amide bonds. The van der Waals surface area contributed by atoms with Gasteiger partial charge in [0.05, 0.1) is 4.90 Å². The zero-order valence-corrected chi connectivity index (χ0v) is 16.5. The number of phenolic OH excluding ortho intramolecular Hbond substituents is 1. The maximum atomic E-state index is 10.9. The highest BCUT2D eigenvalue weighted by molar-refractivity contribution is 7.94. The fourth-order valence-corrected chi connectivity index (χ4v) is 4.09. The standard InChI is InChI=1S/C6H6O10S3.H2O7S2/c7-6-4(18(11,12)13)1-3(17(8,9)10)2-5(6)19(14,15)16;1-8(2,3)7-9(4,5)6/h1-2,7H,(H,8,9,10)(H,11,12,13)(H,14,15,16);(H,1,2,3)(H,4,5,6). The minimum absolute atomic E-state index is 0.120. The summed E-state index contributed by atoms with van der Waals surface area (Å²) in [6.45, 7) is 0. The van der Waals surface area contributed by atoms with Gasteiger partial charge in [0.15, 0.2) is 5.75 Å². The van der Waals surface area contributed by atoms with Crippen LogP contribution >= 0.6 is 0 Å². The van der Waals surface area contributed by atoms with Gasteiger partial charge in [0.1, 0.15) is 9.79 Å². The van der Waals surface area contributed by atoms with E-state index < -0.39 is 71.6 Å². The van der Waals surface area contributed by atoms with Crippen molar-refractivity contribution in [3.8, 4) is 5.75 Å². The molecule has 6 N–H and O–H groups in total. The lowest BCUT2D eigenvalue weighted by Crippen LogP contribution is -2.10. The van der Waals surface area contributed by atoms with Crippen molar-refractivity contribution in [1.82, 2.24) is 0 Å². The van der Waals surface area contributed by atoms with Gasteiger partial charge in [-0.15, -0.1) is 3.63 Å². The molecule has 0 atom stereocenters. The zero-order valence-electron chi connectivity index (χ0n) is 12.4. The molecule has 164 valence electrons. The van der Waals surface area contributed by atoms with Gasteiger partial charge >= 0.3 is 20.8 Å². The molecule has 22 heteroatoms. The average Bonchev–Trinajstić information content (AvgIpc) is 2.30. The summed E-state index contributed by atoms with van der Waals surface area (Å²) in [5.41, 5.74) is 0. The fraction of sp³-hybridized carbons (Fsp3) is 0. The Bertz CT molecular complexity index is 1190. The molecule has 1 aromatic carbocycles. The molecule has 17 nitrogen and oxygen atoms in total. The van der Waals surface area contributed by atoms with Crippen LogP contribution in [0.25, 0.3) is 0 Å². The van der Waals surface area contributed by atoms with Gasteiger partial charge in [0.25, 0.3) is 30.4 Å². The smallest absolute Gasteiger partial charge is 0.413 e. The lowest BCUT2D eigenvalue weighted by Gasteiger charge is -2.08. The molecule has 0 aliphatic rings. The Labute approximate surface area is 157 Å². The van der Waals surface area contributed by atoms with Crippen LogP contribution in [0, 0.1) is 0 Å². The highest BCUT2D eigenvalue weighted by atomic mass is 32.3. The van der Waals surface area contributed by atoms with E-state index in [1.807, 2.05) is 0 Å². The van der Waals surface area contributed by atoms with E-state index in [4.69, 9.17) is 22.8 Å². The van der Waals surface area contributed by atoms with Crippen molar-refractivity contribution in [2.75, 3.05) is 0 Å². The highest BCUT2D eigenvalue weighted by Crippen LogP contribution is 2.33. The first kappa shape index (κ1) is 26.5. The third-order valence-electron chi connectivity index (χ3n) is 2.04. The van der Waals surface area contributed by atoms with Crippen LogP contribution in [0.2, 0.25) is 0 Å². The normalized spacial score (nSPS) is 13.5. The Kier molecular flexibility index (Phi) is 7.68. The van der Waals surface area contributed by atoms with Gasteiger partial charge in [0, 0.05) is 0 Å². The largest absolute Gasteiger partial charge is 0.505 e. The van der Waals surface area contributed by atoms with E-state index >= 15 is 0 Å². The first-order valence-corrected chi connectivity index (χ1v) is 12.5. The summed E-state index contributed by atoms with van der Waals surface area (Å²) in [6, 6.07) is 0.239. The maximum Gasteiger partial charge on any atom is 0.413 e. The van der Waals surface area contributed by atoms with Gasteiger partial charge in [0.2, 0.25) is 0 Å². The van der Waals surface area contributed by atoms with E-state index in [0.29, 0.717) is 0 Å². The predicted octanol–water partition coefficient (Wildman–Crippen LogP) is -2.26. The Hall–Kier alpha value is -1.47. The molecule has 1 rings (SSSR count). The van der Waals surface area contributed by atoms with Gasteiger partial charge < -0.3 is 5.11 Å². The van der Waals surface area contributed by atoms with Crippen molar-refractivity contribution < 1.29 is 73.6 Å². The van der Waals surface area contributed by atoms with Crippen molar-refractivity contribution in [1.29, 1.82) is 0 Å². The molecule has 0 saturated carbocycles. The third kappa shape index (κ3) is 9.15. The van der Waals surface area contributed by atoms with E-state index in [-0.39, 0.29) is 12.1 Å². The van der Waals surface area contributed by atoms with Gasteiger partial charge in [-0.3, -0.25) is 22.8 Å². The SMILES string of the molecule is O=S(=O)(O)OS(=O)(=O)O.O=S(=O)(O)c1cc(S(=O)(=O)O)c(O)c(S(=O)(=O)O)c1. The molecule has 0 fully saturated rings. The quantitative estimate of drug-likeness (QED) is 0.227. The molecule has 0 bridgehead atoms. The molecule has 28 heavy (non-hydrogen) atoms. The van der Waals surface area contributed by atoms with Crippen molar-refractivity contribution in [2.45, 2.75) is 14.7 Å². The number of hydrogen-bond donors (Lipinski definition) is 6. The Morgan fingerprint density at radius 2 is 0.857 bits per heavy atom. The van der Waals surface area contributed by atoms with E-state index in [1.54, 1.807) is 0 Å². The summed E-state index contributed by atoms with van der Waals surface area (Å²) in [4.78, 5) is -4.27. The number of hydrogen-bond acceptors (Lipinski definition) is 12. The maximum absolute atomic E-state index is 10.9. The van der Waals surface area contributed by atoms with Crippen LogP contribution in [-0.2, 0) is 54.8 Å². The Balaban J connectivity index is 0.000000684. The fourth-order valence-electron chi connectivity index (χ4n) is 1.21. The molecule has 0 heterocycles. The van der Waals surface area contributed by atoms with Crippen LogP contribution in [0.3, 0.4) is 0 Å². The van der Waals surface area contributed by atoms with Gasteiger partial charge in [-0.25, -0.2) is 0 Å². The molecule has 1 aromatic rings. The van der Waals surface area contributed by atoms with Crippen LogP contribution in [0.1, 0.15) is 0 Å². The van der Waals surface area contributed by atoms with Gasteiger partial charge in [-0.1, -0.05) is 0 Å². The first-order chi connectivity index (χ1) is 12.0. The molecule has 0 saturated heterocycles. The van der Waals surface area contributed by atoms with E-state index in [1.165, 1.54) is 0 Å². The molecule has 0 aromatic heterocycles. The van der Waals surface area contributed by atoms with Gasteiger partial charge in [-0.05, 0) is 12.1 Å². The molecule has 0 aliphatic carbocycles. The summed E-state index contributed by atoms with van der Waals surface area (Å²) >= 11 is 0. The number of benzene rings is 1. The van der Waals surface area contributed by atoms with Gasteiger partial charge in [-0.2, -0.15) is 42.1 Å². The summed E-state index contributed by atoms with van der Waals surface area (Å²) in [7, 11) is -25.7. The van der Waals surface area contributed by atoms with Crippen molar-refractivity contribution in [3.63, 3.8) is 0 Å². The summed E-state index contributed by atoms with van der Waals surface area (Å²) in [5, 5.41) is 9.30. The molecule has 0 aliphatic heterocycles. The molecular formula is C6H8O17S5. The minimum Gasteiger partial charge on any atom is -0.505 e. The molecule has 0 spiro atoms. The monoisotopic (exact) mass is 512 g/mol. The first-order valence-electron chi connectivity index (χ1n) is 5.40. The van der Waals surface area contributed by atoms with E-state index in [0.717, 1.165) is 0 Å². The second kappa shape index (κ2) is 8.11. The van der Waals surface area contributed by atoms with Crippen molar-refractivity contribution in [3.05, 3.63) is 12.1 Å². The number of rotatable bonds is 5. The third-order valence-corrected chi connectivity index (χ3v) is 5.98. The Morgan fingerprint density at radius 1 is 0.571 bits per heavy atom. The second-order valence-electron chi connectivity index (χ2n) is 4.12. The van der Waals surface area contributed by atoms with Crippen molar-refractivity contribution >= 4 is 51.2 Å². The lowest BCUT2D eigenvalue weighted by atomic mass is 10.3. The molecule has 0 unspecified atom stereocenters. The zero-order chi connectivity index (χ0) is 22.9. The topological polar surface area (TPSA) is 301 Å². The van der Waals surface area contributed by atoms with Crippen LogP contribution in [-0.4, -0.2) is 70.0 Å². The van der Waals surface area contributed by atoms with Crippen molar-refractivity contribution in [2.24, 2.45) is 0 Å². The summed E-state index contributed by atoms with van der Waals surface area (Å²) in [5.74, 6) is -1.59. The second-order valence-corrected chi connectivity index (χ2v) is 10.6. The molecule has 0 radical (unpaired) electrons. The van der Waals surface area contributed by atoms with E-state index in [9.17, 15) is 47.2 Å². The summed E-state index contributed by atoms with van der Waals surface area (Å²) < 4.78 is 147. The Morgan fingerprint density at radius 3 is 1.00 bits per heavy atom. The van der Waals surface area contributed by atoms with Crippen LogP contribution in [0.5, 0.6) is 5.75 Å². The number of phenols is 1. The van der Waals surface area contributed by atoms with Crippen LogP contribution in [0.15, 0.2) is 26.8 Å². The summed E-state index contributed by atoms with van der Waals surface area (Å²) in [6.07, 6.45) is 0. The lowest BCUT2D eigenvalue weighted by molar-refractivity contribution is 0.343. The highest BCUT2D eigenvalue weighted by Gasteiger charge is 2.28.